The van der Waals surface area contributed by atoms with E-state index in [0.29, 0.717) is 6.42 Å². The van der Waals surface area contributed by atoms with Crippen LogP contribution in [0, 0.1) is 22.5 Å². The van der Waals surface area contributed by atoms with Crippen molar-refractivity contribution < 1.29 is 9.72 Å². The molecule has 24 heavy (non-hydrogen) atoms. The zero-order chi connectivity index (χ0) is 17.9. The Morgan fingerprint density at radius 2 is 1.96 bits per heavy atom. The Kier molecular flexibility index (Phi) is 5.02. The highest BCUT2D eigenvalue weighted by atomic mass is 16.6. The number of amides is 1. The number of carbonyl (C=O) groups is 1. The Hall–Kier alpha value is -2.70. The lowest BCUT2D eigenvalue weighted by molar-refractivity contribution is -0.385. The van der Waals surface area contributed by atoms with E-state index < -0.39 is 10.8 Å². The fourth-order valence-corrected chi connectivity index (χ4v) is 2.46. The highest BCUT2D eigenvalue weighted by Gasteiger charge is 2.32. The Labute approximate surface area is 140 Å². The number of nitrogens with one attached hydrogen (secondary N) is 2. The number of hydrogen-bond donors (Lipinski definition) is 2. The van der Waals surface area contributed by atoms with E-state index in [0.717, 1.165) is 5.56 Å². The quantitative estimate of drug-likeness (QED) is 0.650. The molecule has 2 aromatic rings. The Balaban J connectivity index is 2.24. The van der Waals surface area contributed by atoms with Gasteiger partial charge in [0.1, 0.15) is 5.69 Å². The first-order valence-electron chi connectivity index (χ1n) is 7.74. The smallest absolute Gasteiger partial charge is 0.322 e. The van der Waals surface area contributed by atoms with Gasteiger partial charge in [0.05, 0.1) is 4.92 Å². The van der Waals surface area contributed by atoms with Crippen molar-refractivity contribution in [3.05, 3.63) is 57.4 Å². The first-order chi connectivity index (χ1) is 11.2. The van der Waals surface area contributed by atoms with Crippen molar-refractivity contribution in [3.8, 4) is 0 Å². The second-order valence-electron chi connectivity index (χ2n) is 6.88. The summed E-state index contributed by atoms with van der Waals surface area (Å²) in [5.74, 6) is -0.540. The number of aromatic amines is 1. The summed E-state index contributed by atoms with van der Waals surface area (Å²) in [6, 6.07) is 9.61. The zero-order valence-electron chi connectivity index (χ0n) is 14.3. The summed E-state index contributed by atoms with van der Waals surface area (Å²) in [6.45, 7) is 7.58. The number of nitro groups is 1. The molecule has 1 aromatic carbocycles. The lowest BCUT2D eigenvalue weighted by Gasteiger charge is -2.31. The minimum absolute atomic E-state index is 0.181. The molecule has 0 bridgehead atoms. The van der Waals surface area contributed by atoms with Gasteiger partial charge in [0, 0.05) is 6.04 Å². The molecule has 7 nitrogen and oxygen atoms in total. The molecule has 2 N–H and O–H groups in total. The second kappa shape index (κ2) is 6.82. The molecule has 0 fully saturated rings. The molecule has 128 valence electrons. The molecule has 7 heteroatoms. The summed E-state index contributed by atoms with van der Waals surface area (Å²) in [6.07, 6.45) is 0.632. The van der Waals surface area contributed by atoms with E-state index in [9.17, 15) is 14.9 Å². The predicted molar refractivity (Wildman–Crippen MR) is 90.8 cm³/mol. The van der Waals surface area contributed by atoms with E-state index in [1.165, 1.54) is 6.92 Å². The number of hydrogen-bond acceptors (Lipinski definition) is 4. The molecule has 0 unspecified atom stereocenters. The molecule has 0 saturated carbocycles. The number of aromatic nitrogens is 2. The minimum Gasteiger partial charge on any atom is -0.347 e. The highest BCUT2D eigenvalue weighted by Crippen LogP contribution is 2.25. The van der Waals surface area contributed by atoms with Gasteiger partial charge in [-0.25, -0.2) is 0 Å². The lowest BCUT2D eigenvalue weighted by atomic mass is 9.83. The molecule has 0 saturated heterocycles. The summed E-state index contributed by atoms with van der Waals surface area (Å²) in [7, 11) is 0. The van der Waals surface area contributed by atoms with Gasteiger partial charge in [-0.05, 0) is 24.3 Å². The van der Waals surface area contributed by atoms with Crippen LogP contribution in [0.15, 0.2) is 30.3 Å². The summed E-state index contributed by atoms with van der Waals surface area (Å²) in [5.41, 5.74) is 0.677. The number of H-pyrrole nitrogens is 1. The Morgan fingerprint density at radius 3 is 2.50 bits per heavy atom. The van der Waals surface area contributed by atoms with Gasteiger partial charge in [0.2, 0.25) is 5.69 Å². The van der Waals surface area contributed by atoms with Crippen LogP contribution in [0.3, 0.4) is 0 Å². The van der Waals surface area contributed by atoms with Crippen LogP contribution in [0.1, 0.15) is 42.5 Å². The van der Waals surface area contributed by atoms with E-state index in [2.05, 4.69) is 15.5 Å². The zero-order valence-corrected chi connectivity index (χ0v) is 14.3. The third-order valence-electron chi connectivity index (χ3n) is 3.95. The van der Waals surface area contributed by atoms with Crippen LogP contribution in [0.4, 0.5) is 5.69 Å². The van der Waals surface area contributed by atoms with Crippen LogP contribution in [0.25, 0.3) is 0 Å². The van der Waals surface area contributed by atoms with Crippen LogP contribution in [-0.2, 0) is 6.42 Å². The van der Waals surface area contributed by atoms with E-state index in [1.54, 1.807) is 0 Å². The topological polar surface area (TPSA) is 101 Å². The van der Waals surface area contributed by atoms with Crippen LogP contribution in [0.2, 0.25) is 0 Å². The van der Waals surface area contributed by atoms with Gasteiger partial charge in [-0.1, -0.05) is 51.1 Å². The van der Waals surface area contributed by atoms with Crippen molar-refractivity contribution in [2.75, 3.05) is 0 Å². The standard InChI is InChI=1S/C17H22N4O3/c1-11-15(21(23)24)14(20-19-11)16(22)18-13(17(2,3)4)10-12-8-6-5-7-9-12/h5-9,13H,10H2,1-4H3,(H,18,22)(H,19,20)/t13-/m0/s1. The molecule has 2 rings (SSSR count). The molecular formula is C17H22N4O3. The average Bonchev–Trinajstić information content (AvgIpc) is 2.88. The maximum absolute atomic E-state index is 12.5. The average molecular weight is 330 g/mol. The van der Waals surface area contributed by atoms with Crippen molar-refractivity contribution in [1.29, 1.82) is 0 Å². The van der Waals surface area contributed by atoms with Crippen LogP contribution in [0.5, 0.6) is 0 Å². The molecule has 0 spiro atoms. The molecule has 1 aromatic heterocycles. The first kappa shape index (κ1) is 17.7. The number of nitrogens with zero attached hydrogens (tertiary/aromatic N) is 2. The van der Waals surface area contributed by atoms with Crippen molar-refractivity contribution in [3.63, 3.8) is 0 Å². The van der Waals surface area contributed by atoms with Crippen molar-refractivity contribution >= 4 is 11.6 Å². The third kappa shape index (κ3) is 3.98. The van der Waals surface area contributed by atoms with Gasteiger partial charge in [0.15, 0.2) is 0 Å². The van der Waals surface area contributed by atoms with Crippen LogP contribution in [-0.4, -0.2) is 27.1 Å². The van der Waals surface area contributed by atoms with Crippen molar-refractivity contribution in [2.45, 2.75) is 40.2 Å². The molecular weight excluding hydrogens is 308 g/mol. The number of benzene rings is 1. The third-order valence-corrected chi connectivity index (χ3v) is 3.95. The van der Waals surface area contributed by atoms with Gasteiger partial charge in [-0.3, -0.25) is 20.0 Å². The first-order valence-corrected chi connectivity index (χ1v) is 7.74. The number of carbonyl (C=O) groups excluding carboxylic acids is 1. The molecule has 1 atom stereocenters. The van der Waals surface area contributed by atoms with E-state index in [4.69, 9.17) is 0 Å². The van der Waals surface area contributed by atoms with Gasteiger partial charge in [0.25, 0.3) is 5.91 Å². The monoisotopic (exact) mass is 330 g/mol. The molecule has 0 aliphatic carbocycles. The summed E-state index contributed by atoms with van der Waals surface area (Å²) in [4.78, 5) is 23.1. The largest absolute Gasteiger partial charge is 0.347 e. The SMILES string of the molecule is Cc1[nH]nc(C(=O)N[C@@H](Cc2ccccc2)C(C)(C)C)c1[N+](=O)[O-]. The van der Waals surface area contributed by atoms with E-state index in [-0.39, 0.29) is 28.5 Å². The minimum atomic E-state index is -0.586. The van der Waals surface area contributed by atoms with Crippen LogP contribution >= 0.6 is 0 Å². The van der Waals surface area contributed by atoms with Gasteiger partial charge >= 0.3 is 5.69 Å². The fraction of sp³-hybridized carbons (Fsp3) is 0.412. The molecule has 1 heterocycles. The van der Waals surface area contributed by atoms with E-state index in [1.807, 2.05) is 51.1 Å². The Bertz CT molecular complexity index is 732. The van der Waals surface area contributed by atoms with Crippen molar-refractivity contribution in [2.24, 2.45) is 5.41 Å². The van der Waals surface area contributed by atoms with E-state index >= 15 is 0 Å². The van der Waals surface area contributed by atoms with Crippen LogP contribution < -0.4 is 5.32 Å². The molecule has 0 aliphatic heterocycles. The highest BCUT2D eigenvalue weighted by molar-refractivity contribution is 5.96. The number of aryl methyl sites for hydroxylation is 1. The number of rotatable bonds is 5. The molecule has 1 amide bonds. The van der Waals surface area contributed by atoms with Gasteiger partial charge < -0.3 is 5.32 Å². The second-order valence-corrected chi connectivity index (χ2v) is 6.88. The summed E-state index contributed by atoms with van der Waals surface area (Å²) in [5, 5.41) is 20.4. The van der Waals surface area contributed by atoms with Crippen molar-refractivity contribution in [1.82, 2.24) is 15.5 Å². The fourth-order valence-electron chi connectivity index (χ4n) is 2.46. The summed E-state index contributed by atoms with van der Waals surface area (Å²) >= 11 is 0. The maximum Gasteiger partial charge on any atom is 0.322 e. The van der Waals surface area contributed by atoms with Gasteiger partial charge in [-0.15, -0.1) is 0 Å². The molecule has 0 aliphatic rings. The lowest BCUT2D eigenvalue weighted by Crippen LogP contribution is -2.45. The predicted octanol–water partition coefficient (Wildman–Crippen LogP) is 3.01. The Morgan fingerprint density at radius 1 is 1.33 bits per heavy atom. The normalized spacial score (nSPS) is 12.7. The van der Waals surface area contributed by atoms with Gasteiger partial charge in [-0.2, -0.15) is 5.10 Å². The maximum atomic E-state index is 12.5. The molecule has 0 radical (unpaired) electrons. The summed E-state index contributed by atoms with van der Waals surface area (Å²) < 4.78 is 0.